The zero-order valence-corrected chi connectivity index (χ0v) is 17.6. The summed E-state index contributed by atoms with van der Waals surface area (Å²) in [5, 5.41) is 3.00. The number of nitrogens with zero attached hydrogens (tertiary/aromatic N) is 1. The van der Waals surface area contributed by atoms with Gasteiger partial charge in [0.05, 0.1) is 19.7 Å². The number of amides is 1. The highest BCUT2D eigenvalue weighted by Gasteiger charge is 2.35. The van der Waals surface area contributed by atoms with E-state index in [-0.39, 0.29) is 24.1 Å². The monoisotopic (exact) mass is 434 g/mol. The number of benzene rings is 2. The van der Waals surface area contributed by atoms with Gasteiger partial charge in [0.1, 0.15) is 6.04 Å². The van der Waals surface area contributed by atoms with Gasteiger partial charge in [0.15, 0.2) is 17.5 Å². The number of rotatable bonds is 8. The molecule has 31 heavy (non-hydrogen) atoms. The van der Waals surface area contributed by atoms with Crippen LogP contribution < -0.4 is 5.32 Å². The van der Waals surface area contributed by atoms with Gasteiger partial charge in [-0.25, -0.2) is 18.0 Å². The van der Waals surface area contributed by atoms with Gasteiger partial charge >= 0.3 is 5.97 Å². The number of halogens is 3. The Labute approximate surface area is 179 Å². The van der Waals surface area contributed by atoms with E-state index in [4.69, 9.17) is 4.74 Å². The van der Waals surface area contributed by atoms with Crippen LogP contribution in [0.2, 0.25) is 0 Å². The Kier molecular flexibility index (Phi) is 7.00. The third-order valence-electron chi connectivity index (χ3n) is 5.43. The van der Waals surface area contributed by atoms with Crippen LogP contribution in [-0.2, 0) is 14.3 Å². The molecule has 1 fully saturated rings. The highest BCUT2D eigenvalue weighted by Crippen LogP contribution is 2.41. The maximum atomic E-state index is 13.7. The number of methoxy groups -OCH3 is 1. The second-order valence-corrected chi connectivity index (χ2v) is 7.93. The lowest BCUT2D eigenvalue weighted by molar-refractivity contribution is -0.147. The van der Waals surface area contributed by atoms with Gasteiger partial charge in [-0.15, -0.1) is 0 Å². The Hall–Kier alpha value is -2.87. The number of nitrogens with one attached hydrogen (secondary N) is 1. The molecular formula is C23H25F3N2O3. The number of esters is 1. The number of hydrogen-bond acceptors (Lipinski definition) is 4. The summed E-state index contributed by atoms with van der Waals surface area (Å²) in [7, 11) is 2.58. The van der Waals surface area contributed by atoms with Gasteiger partial charge in [0.25, 0.3) is 0 Å². The summed E-state index contributed by atoms with van der Waals surface area (Å²) in [5.74, 6) is -5.30. The zero-order valence-electron chi connectivity index (χ0n) is 17.6. The van der Waals surface area contributed by atoms with Crippen molar-refractivity contribution < 1.29 is 27.5 Å². The SMILES string of the molecule is COC(=O)[C@@H](c1cc(F)c(F)c(F)c1)N(C)CC(=O)N[C@H](c1ccc(C)cc1)C1CC1. The molecule has 0 unspecified atom stereocenters. The first-order valence-electron chi connectivity index (χ1n) is 9.99. The van der Waals surface area contributed by atoms with Crippen LogP contribution >= 0.6 is 0 Å². The minimum absolute atomic E-state index is 0.143. The molecule has 1 amide bonds. The summed E-state index contributed by atoms with van der Waals surface area (Å²) in [6, 6.07) is 7.94. The van der Waals surface area contributed by atoms with Crippen LogP contribution in [0.1, 0.15) is 41.6 Å². The first-order chi connectivity index (χ1) is 14.7. The molecule has 0 heterocycles. The Morgan fingerprint density at radius 3 is 2.19 bits per heavy atom. The molecule has 0 aliphatic heterocycles. The molecule has 1 saturated carbocycles. The summed E-state index contributed by atoms with van der Waals surface area (Å²) in [6.07, 6.45) is 2.02. The van der Waals surface area contributed by atoms with E-state index >= 15 is 0 Å². The number of aryl methyl sites for hydroxylation is 1. The maximum Gasteiger partial charge on any atom is 0.327 e. The van der Waals surface area contributed by atoms with E-state index in [0.717, 1.165) is 43.2 Å². The summed E-state index contributed by atoms with van der Waals surface area (Å²) in [5.41, 5.74) is 1.97. The average Bonchev–Trinajstić information content (AvgIpc) is 3.56. The molecule has 1 N–H and O–H groups in total. The standard InChI is InChI=1S/C23H25F3N2O3/c1-13-4-6-14(7-5-13)21(15-8-9-15)27-19(29)12-28(2)22(23(30)31-3)16-10-17(24)20(26)18(25)11-16/h4-7,10-11,15,21-22H,8-9,12H2,1-3H3,(H,27,29)/t21-,22-/m1/s1. The van der Waals surface area contributed by atoms with Crippen molar-refractivity contribution in [3.05, 3.63) is 70.5 Å². The molecule has 0 radical (unpaired) electrons. The van der Waals surface area contributed by atoms with E-state index in [2.05, 4.69) is 5.32 Å². The number of hydrogen-bond donors (Lipinski definition) is 1. The van der Waals surface area contributed by atoms with Crippen molar-refractivity contribution in [2.45, 2.75) is 31.8 Å². The van der Waals surface area contributed by atoms with Crippen LogP contribution in [0, 0.1) is 30.3 Å². The highest BCUT2D eigenvalue weighted by molar-refractivity contribution is 5.81. The van der Waals surface area contributed by atoms with Gasteiger partial charge in [-0.05, 0) is 56.0 Å². The lowest BCUT2D eigenvalue weighted by Gasteiger charge is -2.27. The van der Waals surface area contributed by atoms with E-state index in [0.29, 0.717) is 5.92 Å². The van der Waals surface area contributed by atoms with Crippen molar-refractivity contribution in [1.29, 1.82) is 0 Å². The molecule has 1 aliphatic rings. The van der Waals surface area contributed by atoms with Gasteiger partial charge in [-0.3, -0.25) is 9.69 Å². The Bertz CT molecular complexity index is 938. The van der Waals surface area contributed by atoms with Crippen LogP contribution in [0.4, 0.5) is 13.2 Å². The smallest absolute Gasteiger partial charge is 0.327 e. The number of ether oxygens (including phenoxy) is 1. The predicted molar refractivity (Wildman–Crippen MR) is 108 cm³/mol. The van der Waals surface area contributed by atoms with Crippen molar-refractivity contribution in [2.75, 3.05) is 20.7 Å². The van der Waals surface area contributed by atoms with Crippen molar-refractivity contribution in [3.8, 4) is 0 Å². The lowest BCUT2D eigenvalue weighted by Crippen LogP contribution is -2.41. The minimum atomic E-state index is -1.63. The molecular weight excluding hydrogens is 409 g/mol. The van der Waals surface area contributed by atoms with Gasteiger partial charge in [0.2, 0.25) is 5.91 Å². The van der Waals surface area contributed by atoms with Crippen LogP contribution in [-0.4, -0.2) is 37.5 Å². The molecule has 166 valence electrons. The van der Waals surface area contributed by atoms with Gasteiger partial charge in [-0.1, -0.05) is 29.8 Å². The molecule has 0 aromatic heterocycles. The van der Waals surface area contributed by atoms with Crippen LogP contribution in [0.15, 0.2) is 36.4 Å². The molecule has 3 rings (SSSR count). The molecule has 2 aromatic rings. The van der Waals surface area contributed by atoms with Crippen LogP contribution in [0.5, 0.6) is 0 Å². The average molecular weight is 434 g/mol. The van der Waals surface area contributed by atoms with Crippen LogP contribution in [0.3, 0.4) is 0 Å². The Morgan fingerprint density at radius 2 is 1.68 bits per heavy atom. The van der Waals surface area contributed by atoms with E-state index in [1.54, 1.807) is 0 Å². The van der Waals surface area contributed by atoms with Gasteiger partial charge < -0.3 is 10.1 Å². The van der Waals surface area contributed by atoms with E-state index < -0.39 is 29.5 Å². The lowest BCUT2D eigenvalue weighted by atomic mass is 10.0. The van der Waals surface area contributed by atoms with Gasteiger partial charge in [0, 0.05) is 0 Å². The van der Waals surface area contributed by atoms with E-state index in [9.17, 15) is 22.8 Å². The number of carbonyl (C=O) groups excluding carboxylic acids is 2. The fourth-order valence-corrected chi connectivity index (χ4v) is 3.63. The normalized spacial score (nSPS) is 15.5. The largest absolute Gasteiger partial charge is 0.468 e. The van der Waals surface area contributed by atoms with Crippen molar-refractivity contribution >= 4 is 11.9 Å². The summed E-state index contributed by atoms with van der Waals surface area (Å²) in [4.78, 5) is 26.4. The minimum Gasteiger partial charge on any atom is -0.468 e. The molecule has 0 bridgehead atoms. The predicted octanol–water partition coefficient (Wildman–Crippen LogP) is 3.83. The maximum absolute atomic E-state index is 13.7. The molecule has 2 aromatic carbocycles. The molecule has 5 nitrogen and oxygen atoms in total. The summed E-state index contributed by atoms with van der Waals surface area (Å²) in [6.45, 7) is 1.76. The van der Waals surface area contributed by atoms with Crippen molar-refractivity contribution in [3.63, 3.8) is 0 Å². The van der Waals surface area contributed by atoms with Crippen LogP contribution in [0.25, 0.3) is 0 Å². The molecule has 2 atom stereocenters. The van der Waals surface area contributed by atoms with E-state index in [1.807, 2.05) is 31.2 Å². The Balaban J connectivity index is 1.76. The van der Waals surface area contributed by atoms with Gasteiger partial charge in [-0.2, -0.15) is 0 Å². The molecule has 1 aliphatic carbocycles. The first-order valence-corrected chi connectivity index (χ1v) is 9.99. The summed E-state index contributed by atoms with van der Waals surface area (Å²) < 4.78 is 45.5. The second-order valence-electron chi connectivity index (χ2n) is 7.93. The topological polar surface area (TPSA) is 58.6 Å². The first kappa shape index (κ1) is 22.8. The third kappa shape index (κ3) is 5.44. The fraction of sp³-hybridized carbons (Fsp3) is 0.391. The number of likely N-dealkylation sites (N-methyl/N-ethyl adjacent to an activating group) is 1. The van der Waals surface area contributed by atoms with Crippen molar-refractivity contribution in [2.24, 2.45) is 5.92 Å². The molecule has 8 heteroatoms. The summed E-state index contributed by atoms with van der Waals surface area (Å²) >= 11 is 0. The highest BCUT2D eigenvalue weighted by atomic mass is 19.2. The fourth-order valence-electron chi connectivity index (χ4n) is 3.63. The second kappa shape index (κ2) is 9.51. The number of carbonyl (C=O) groups is 2. The Morgan fingerprint density at radius 1 is 1.10 bits per heavy atom. The van der Waals surface area contributed by atoms with Crippen molar-refractivity contribution in [1.82, 2.24) is 10.2 Å². The van der Waals surface area contributed by atoms with E-state index in [1.165, 1.54) is 11.9 Å². The molecule has 0 saturated heterocycles. The molecule has 0 spiro atoms. The zero-order chi connectivity index (χ0) is 22.7. The third-order valence-corrected chi connectivity index (χ3v) is 5.43. The quantitative estimate of drug-likeness (QED) is 0.507.